The van der Waals surface area contributed by atoms with Crippen LogP contribution >= 0.6 is 0 Å². The zero-order valence-electron chi connectivity index (χ0n) is 32.9. The van der Waals surface area contributed by atoms with Crippen LogP contribution in [0, 0.1) is 0 Å². The van der Waals surface area contributed by atoms with Gasteiger partial charge in [0, 0.05) is 40.0 Å². The van der Waals surface area contributed by atoms with E-state index in [9.17, 15) is 0 Å². The van der Waals surface area contributed by atoms with Crippen LogP contribution in [0.15, 0.2) is 216 Å². The normalized spacial score (nSPS) is 14.1. The van der Waals surface area contributed by atoms with Gasteiger partial charge in [0.05, 0.1) is 16.9 Å². The van der Waals surface area contributed by atoms with E-state index >= 15 is 0 Å². The van der Waals surface area contributed by atoms with Crippen molar-refractivity contribution in [1.29, 1.82) is 0 Å². The summed E-state index contributed by atoms with van der Waals surface area (Å²) in [5.41, 5.74) is 15.5. The fourth-order valence-electron chi connectivity index (χ4n) is 8.46. The van der Waals surface area contributed by atoms with Gasteiger partial charge >= 0.3 is 0 Å². The van der Waals surface area contributed by atoms with Crippen LogP contribution in [-0.2, 0) is 0 Å². The number of pyridine rings is 1. The molecule has 0 amide bonds. The Balaban J connectivity index is 0.944. The lowest BCUT2D eigenvalue weighted by Crippen LogP contribution is -2.27. The Morgan fingerprint density at radius 3 is 1.67 bits per heavy atom. The van der Waals surface area contributed by atoms with E-state index in [1.807, 2.05) is 48.5 Å². The van der Waals surface area contributed by atoms with Crippen LogP contribution < -0.4 is 0 Å². The van der Waals surface area contributed by atoms with Gasteiger partial charge in [-0.05, 0) is 81.4 Å². The predicted octanol–water partition coefficient (Wildman–Crippen LogP) is 13.7. The third kappa shape index (κ3) is 6.34. The van der Waals surface area contributed by atoms with Crippen molar-refractivity contribution >= 4 is 44.2 Å². The molecule has 0 radical (unpaired) electrons. The molecule has 0 saturated carbocycles. The average molecular weight is 771 g/mol. The lowest BCUT2D eigenvalue weighted by atomic mass is 9.95. The van der Waals surface area contributed by atoms with Crippen molar-refractivity contribution in [3.8, 4) is 45.0 Å². The Hall–Kier alpha value is -7.89. The van der Waals surface area contributed by atoms with Crippen molar-refractivity contribution < 1.29 is 4.42 Å². The first kappa shape index (κ1) is 35.3. The number of allylic oxidation sites excluding steroid dienone is 1. The minimum atomic E-state index is -0.128. The number of aliphatic imine (C=N–C) groups is 1. The number of nitrogens with zero attached hydrogens (tertiary/aromatic N) is 4. The molecule has 1 atom stereocenters. The predicted molar refractivity (Wildman–Crippen MR) is 246 cm³/mol. The SMILES string of the molecule is CN1C(c2ccc(-c3ccc(-c4ccc5nc(-c6ccccc6)c6ccc7oc(-c8ccccc8)nc7c6c5c4)cc3)cc2)=CC(c2ccccc2)=NC1c1ccccc1. The minimum absolute atomic E-state index is 0.128. The second-order valence-corrected chi connectivity index (χ2v) is 15.2. The zero-order valence-corrected chi connectivity index (χ0v) is 32.9. The van der Waals surface area contributed by atoms with Crippen molar-refractivity contribution in [2.45, 2.75) is 6.17 Å². The summed E-state index contributed by atoms with van der Waals surface area (Å²) in [5, 5.41) is 3.12. The van der Waals surface area contributed by atoms with Crippen LogP contribution in [-0.4, -0.2) is 27.6 Å². The van der Waals surface area contributed by atoms with Crippen LogP contribution in [0.5, 0.6) is 0 Å². The van der Waals surface area contributed by atoms with Gasteiger partial charge in [-0.3, -0.25) is 4.99 Å². The van der Waals surface area contributed by atoms with Gasteiger partial charge in [0.15, 0.2) is 5.58 Å². The maximum atomic E-state index is 6.38. The number of fused-ring (bicyclic) bond motifs is 5. The van der Waals surface area contributed by atoms with Crippen LogP contribution in [0.25, 0.3) is 83.4 Å². The Bertz CT molecular complexity index is 3230. The van der Waals surface area contributed by atoms with Gasteiger partial charge in [0.2, 0.25) is 5.89 Å². The Labute approximate surface area is 348 Å². The quantitative estimate of drug-likeness (QED) is 0.151. The maximum Gasteiger partial charge on any atom is 0.227 e. The van der Waals surface area contributed by atoms with Crippen molar-refractivity contribution in [3.05, 3.63) is 223 Å². The van der Waals surface area contributed by atoms with Crippen molar-refractivity contribution in [1.82, 2.24) is 14.9 Å². The van der Waals surface area contributed by atoms with E-state index in [0.717, 1.165) is 99.9 Å². The molecule has 1 aliphatic rings. The van der Waals surface area contributed by atoms with Crippen molar-refractivity contribution in [2.24, 2.45) is 4.99 Å². The molecule has 60 heavy (non-hydrogen) atoms. The van der Waals surface area contributed by atoms with Gasteiger partial charge in [0.1, 0.15) is 11.7 Å². The highest BCUT2D eigenvalue weighted by Crippen LogP contribution is 2.40. The molecule has 2 aromatic heterocycles. The van der Waals surface area contributed by atoms with Gasteiger partial charge < -0.3 is 9.32 Å². The molecule has 284 valence electrons. The molecule has 0 fully saturated rings. The van der Waals surface area contributed by atoms with Crippen LogP contribution in [0.2, 0.25) is 0 Å². The highest BCUT2D eigenvalue weighted by Gasteiger charge is 2.25. The molecular weight excluding hydrogens is 733 g/mol. The van der Waals surface area contributed by atoms with E-state index in [4.69, 9.17) is 19.4 Å². The molecule has 0 N–H and O–H groups in total. The molecule has 10 aromatic rings. The van der Waals surface area contributed by atoms with Crippen molar-refractivity contribution in [3.63, 3.8) is 0 Å². The summed E-state index contributed by atoms with van der Waals surface area (Å²) >= 11 is 0. The van der Waals surface area contributed by atoms with Gasteiger partial charge in [-0.2, -0.15) is 0 Å². The fraction of sp³-hybridized carbons (Fsp3) is 0.0364. The number of rotatable bonds is 7. The van der Waals surface area contributed by atoms with Gasteiger partial charge in [-0.15, -0.1) is 0 Å². The molecule has 0 bridgehead atoms. The number of hydrogen-bond donors (Lipinski definition) is 0. The third-order valence-corrected chi connectivity index (χ3v) is 11.6. The first-order valence-electron chi connectivity index (χ1n) is 20.3. The van der Waals surface area contributed by atoms with E-state index in [-0.39, 0.29) is 6.17 Å². The summed E-state index contributed by atoms with van der Waals surface area (Å²) in [5.74, 6) is 0.605. The Morgan fingerprint density at radius 2 is 1.02 bits per heavy atom. The molecule has 0 spiro atoms. The van der Waals surface area contributed by atoms with Crippen LogP contribution in [0.4, 0.5) is 0 Å². The summed E-state index contributed by atoms with van der Waals surface area (Å²) in [6.07, 6.45) is 2.08. The Kier molecular flexibility index (Phi) is 8.71. The molecule has 11 rings (SSSR count). The lowest BCUT2D eigenvalue weighted by Gasteiger charge is -2.34. The number of hydrogen-bond acceptors (Lipinski definition) is 5. The van der Waals surface area contributed by atoms with E-state index in [2.05, 4.69) is 170 Å². The van der Waals surface area contributed by atoms with Gasteiger partial charge in [-0.25, -0.2) is 9.97 Å². The highest BCUT2D eigenvalue weighted by molar-refractivity contribution is 6.21. The monoisotopic (exact) mass is 770 g/mol. The van der Waals surface area contributed by atoms with Crippen molar-refractivity contribution in [2.75, 3.05) is 7.05 Å². The van der Waals surface area contributed by atoms with E-state index < -0.39 is 0 Å². The first-order valence-corrected chi connectivity index (χ1v) is 20.3. The fourth-order valence-corrected chi connectivity index (χ4v) is 8.46. The van der Waals surface area contributed by atoms with Crippen LogP contribution in [0.1, 0.15) is 22.9 Å². The highest BCUT2D eigenvalue weighted by atomic mass is 16.3. The minimum Gasteiger partial charge on any atom is -0.436 e. The van der Waals surface area contributed by atoms with E-state index in [0.29, 0.717) is 5.89 Å². The number of oxazole rings is 1. The van der Waals surface area contributed by atoms with E-state index in [1.165, 1.54) is 0 Å². The average Bonchev–Trinajstić information content (AvgIpc) is 3.77. The first-order chi connectivity index (χ1) is 29.6. The van der Waals surface area contributed by atoms with Crippen LogP contribution in [0.3, 0.4) is 0 Å². The lowest BCUT2D eigenvalue weighted by molar-refractivity contribution is 0.364. The molecule has 5 heteroatoms. The standard InChI is InChI=1S/C55H38N4O/c1-59-49(35-48(39-14-6-2-7-15-39)57-54(59)42-18-10-4-11-19-42)40-28-26-37(27-29-40)36-22-24-38(25-23-36)44-30-32-47-46(34-44)51-45(52(56-47)41-16-8-3-9-17-41)31-33-50-53(51)58-55(60-50)43-20-12-5-13-21-43/h2-35,54H,1H3. The van der Waals surface area contributed by atoms with E-state index in [1.54, 1.807) is 0 Å². The molecule has 5 nitrogen and oxygen atoms in total. The third-order valence-electron chi connectivity index (χ3n) is 11.6. The molecule has 0 saturated heterocycles. The molecule has 3 heterocycles. The molecule has 1 aliphatic heterocycles. The topological polar surface area (TPSA) is 54.5 Å². The Morgan fingerprint density at radius 1 is 0.467 bits per heavy atom. The second kappa shape index (κ2) is 14.8. The summed E-state index contributed by atoms with van der Waals surface area (Å²) in [6, 6.07) is 69.8. The molecule has 1 unspecified atom stereocenters. The summed E-state index contributed by atoms with van der Waals surface area (Å²) in [7, 11) is 2.13. The summed E-state index contributed by atoms with van der Waals surface area (Å²) < 4.78 is 6.38. The number of aromatic nitrogens is 2. The smallest absolute Gasteiger partial charge is 0.227 e. The maximum absolute atomic E-state index is 6.38. The van der Waals surface area contributed by atoms with Gasteiger partial charge in [0.25, 0.3) is 0 Å². The molecular formula is C55H38N4O. The molecule has 0 aliphatic carbocycles. The second-order valence-electron chi connectivity index (χ2n) is 15.2. The summed E-state index contributed by atoms with van der Waals surface area (Å²) in [6.45, 7) is 0. The summed E-state index contributed by atoms with van der Waals surface area (Å²) in [4.78, 5) is 17.8. The van der Waals surface area contributed by atoms with Gasteiger partial charge in [-0.1, -0.05) is 164 Å². The number of benzene rings is 8. The largest absolute Gasteiger partial charge is 0.436 e. The zero-order chi connectivity index (χ0) is 40.0. The molecule has 8 aromatic carbocycles.